The average molecular weight is 168 g/mol. The number of rotatable bonds is 2. The number of hydrogen-bond donors (Lipinski definition) is 0. The van der Waals surface area contributed by atoms with Gasteiger partial charge in [0.1, 0.15) is 6.10 Å². The monoisotopic (exact) mass is 168 g/mol. The number of hydrogen-bond acceptors (Lipinski definition) is 2. The fourth-order valence-electron chi connectivity index (χ4n) is 1.30. The highest BCUT2D eigenvalue weighted by atomic mass is 16.5. The molecule has 0 radical (unpaired) electrons. The van der Waals surface area contributed by atoms with Crippen molar-refractivity contribution in [2.45, 2.75) is 45.1 Å². The van der Waals surface area contributed by atoms with E-state index in [1.165, 1.54) is 6.42 Å². The third kappa shape index (κ3) is 3.07. The third-order valence-corrected chi connectivity index (χ3v) is 2.03. The Balaban J connectivity index is 2.34. The SMILES string of the molecule is CCC(=O)O[C@H]1C=CCCCC1. The second-order valence-electron chi connectivity index (χ2n) is 3.09. The lowest BCUT2D eigenvalue weighted by Gasteiger charge is -2.11. The van der Waals surface area contributed by atoms with Gasteiger partial charge in [-0.3, -0.25) is 4.79 Å². The Hall–Kier alpha value is -0.790. The zero-order valence-electron chi connectivity index (χ0n) is 7.58. The van der Waals surface area contributed by atoms with Crippen LogP contribution in [0, 0.1) is 0 Å². The summed E-state index contributed by atoms with van der Waals surface area (Å²) >= 11 is 0. The zero-order chi connectivity index (χ0) is 8.81. The van der Waals surface area contributed by atoms with Crippen molar-refractivity contribution < 1.29 is 9.53 Å². The van der Waals surface area contributed by atoms with Crippen LogP contribution >= 0.6 is 0 Å². The molecule has 0 aromatic rings. The molecule has 2 nitrogen and oxygen atoms in total. The molecule has 0 aliphatic heterocycles. The number of carbonyl (C=O) groups excluding carboxylic acids is 1. The van der Waals surface area contributed by atoms with E-state index in [4.69, 9.17) is 4.74 Å². The first-order valence-corrected chi connectivity index (χ1v) is 4.69. The van der Waals surface area contributed by atoms with Gasteiger partial charge < -0.3 is 4.74 Å². The van der Waals surface area contributed by atoms with Crippen molar-refractivity contribution >= 4 is 5.97 Å². The first kappa shape index (κ1) is 9.30. The van der Waals surface area contributed by atoms with Crippen LogP contribution in [0.5, 0.6) is 0 Å². The van der Waals surface area contributed by atoms with E-state index in [9.17, 15) is 4.79 Å². The van der Waals surface area contributed by atoms with E-state index in [1.54, 1.807) is 0 Å². The maximum atomic E-state index is 10.9. The molecule has 68 valence electrons. The quantitative estimate of drug-likeness (QED) is 0.467. The summed E-state index contributed by atoms with van der Waals surface area (Å²) in [5.74, 6) is -0.0912. The first-order chi connectivity index (χ1) is 5.83. The van der Waals surface area contributed by atoms with E-state index in [-0.39, 0.29) is 12.1 Å². The molecule has 12 heavy (non-hydrogen) atoms. The molecule has 0 aromatic carbocycles. The zero-order valence-corrected chi connectivity index (χ0v) is 7.58. The average Bonchev–Trinajstić information content (AvgIpc) is 2.33. The van der Waals surface area contributed by atoms with Gasteiger partial charge in [-0.05, 0) is 31.8 Å². The fourth-order valence-corrected chi connectivity index (χ4v) is 1.30. The highest BCUT2D eigenvalue weighted by Crippen LogP contribution is 2.14. The largest absolute Gasteiger partial charge is 0.458 e. The highest BCUT2D eigenvalue weighted by Gasteiger charge is 2.10. The Labute approximate surface area is 73.6 Å². The molecule has 0 spiro atoms. The predicted molar refractivity (Wildman–Crippen MR) is 47.8 cm³/mol. The van der Waals surface area contributed by atoms with Crippen LogP contribution in [0.4, 0.5) is 0 Å². The summed E-state index contributed by atoms with van der Waals surface area (Å²) < 4.78 is 5.19. The van der Waals surface area contributed by atoms with Crippen LogP contribution in [-0.2, 0) is 9.53 Å². The van der Waals surface area contributed by atoms with Gasteiger partial charge in [0.15, 0.2) is 0 Å². The number of esters is 1. The van der Waals surface area contributed by atoms with Gasteiger partial charge >= 0.3 is 5.97 Å². The maximum Gasteiger partial charge on any atom is 0.306 e. The van der Waals surface area contributed by atoms with Crippen LogP contribution < -0.4 is 0 Å². The van der Waals surface area contributed by atoms with E-state index >= 15 is 0 Å². The molecule has 2 heteroatoms. The molecule has 0 aromatic heterocycles. The Kier molecular flexibility index (Phi) is 3.85. The second kappa shape index (κ2) is 4.96. The predicted octanol–water partition coefficient (Wildman–Crippen LogP) is 2.44. The molecule has 0 N–H and O–H groups in total. The molecule has 0 heterocycles. The van der Waals surface area contributed by atoms with Crippen molar-refractivity contribution in [2.75, 3.05) is 0 Å². The van der Waals surface area contributed by atoms with Crippen LogP contribution in [0.25, 0.3) is 0 Å². The van der Waals surface area contributed by atoms with E-state index in [1.807, 2.05) is 13.0 Å². The molecule has 0 saturated carbocycles. The van der Waals surface area contributed by atoms with E-state index in [2.05, 4.69) is 6.08 Å². The molecule has 1 rings (SSSR count). The van der Waals surface area contributed by atoms with Gasteiger partial charge in [-0.25, -0.2) is 0 Å². The van der Waals surface area contributed by atoms with E-state index < -0.39 is 0 Å². The molecule has 0 saturated heterocycles. The molecule has 0 fully saturated rings. The smallest absolute Gasteiger partial charge is 0.306 e. The first-order valence-electron chi connectivity index (χ1n) is 4.69. The van der Waals surface area contributed by atoms with Crippen molar-refractivity contribution in [3.63, 3.8) is 0 Å². The van der Waals surface area contributed by atoms with Crippen LogP contribution in [0.2, 0.25) is 0 Å². The third-order valence-electron chi connectivity index (χ3n) is 2.03. The standard InChI is InChI=1S/C10H16O2/c1-2-10(11)12-9-7-5-3-4-6-8-9/h5,7,9H,2-4,6,8H2,1H3/t9-/m0/s1. The summed E-state index contributed by atoms with van der Waals surface area (Å²) in [6, 6.07) is 0. The summed E-state index contributed by atoms with van der Waals surface area (Å²) in [5, 5.41) is 0. The molecule has 0 bridgehead atoms. The number of carbonyl (C=O) groups is 1. The Morgan fingerprint density at radius 2 is 2.42 bits per heavy atom. The van der Waals surface area contributed by atoms with Gasteiger partial charge in [-0.2, -0.15) is 0 Å². The van der Waals surface area contributed by atoms with Crippen LogP contribution in [0.3, 0.4) is 0 Å². The molecule has 0 unspecified atom stereocenters. The summed E-state index contributed by atoms with van der Waals surface area (Å²) in [7, 11) is 0. The van der Waals surface area contributed by atoms with Crippen molar-refractivity contribution in [1.29, 1.82) is 0 Å². The van der Waals surface area contributed by atoms with Crippen molar-refractivity contribution in [1.82, 2.24) is 0 Å². The summed E-state index contributed by atoms with van der Waals surface area (Å²) in [6.45, 7) is 1.82. The minimum Gasteiger partial charge on any atom is -0.458 e. The van der Waals surface area contributed by atoms with Crippen LogP contribution in [0.1, 0.15) is 39.0 Å². The van der Waals surface area contributed by atoms with Gasteiger partial charge in [-0.15, -0.1) is 0 Å². The van der Waals surface area contributed by atoms with Crippen molar-refractivity contribution in [2.24, 2.45) is 0 Å². The van der Waals surface area contributed by atoms with Crippen molar-refractivity contribution in [3.05, 3.63) is 12.2 Å². The van der Waals surface area contributed by atoms with Gasteiger partial charge in [0.25, 0.3) is 0 Å². The van der Waals surface area contributed by atoms with Crippen LogP contribution in [-0.4, -0.2) is 12.1 Å². The number of ether oxygens (including phenoxy) is 1. The Bertz CT molecular complexity index is 173. The topological polar surface area (TPSA) is 26.3 Å². The molecule has 0 amide bonds. The molecule has 1 aliphatic carbocycles. The molecular weight excluding hydrogens is 152 g/mol. The fraction of sp³-hybridized carbons (Fsp3) is 0.700. The Morgan fingerprint density at radius 1 is 1.58 bits per heavy atom. The molecule has 1 atom stereocenters. The van der Waals surface area contributed by atoms with Gasteiger partial charge in [0.05, 0.1) is 0 Å². The van der Waals surface area contributed by atoms with Crippen molar-refractivity contribution in [3.8, 4) is 0 Å². The van der Waals surface area contributed by atoms with Gasteiger partial charge in [0.2, 0.25) is 0 Å². The lowest BCUT2D eigenvalue weighted by Crippen LogP contribution is -2.14. The lowest BCUT2D eigenvalue weighted by molar-refractivity contribution is -0.146. The van der Waals surface area contributed by atoms with Gasteiger partial charge in [-0.1, -0.05) is 13.0 Å². The summed E-state index contributed by atoms with van der Waals surface area (Å²) in [5.41, 5.74) is 0. The van der Waals surface area contributed by atoms with Crippen LogP contribution in [0.15, 0.2) is 12.2 Å². The Morgan fingerprint density at radius 3 is 3.17 bits per heavy atom. The number of allylic oxidation sites excluding steroid dienone is 1. The van der Waals surface area contributed by atoms with Gasteiger partial charge in [0, 0.05) is 6.42 Å². The van der Waals surface area contributed by atoms with E-state index in [0.29, 0.717) is 6.42 Å². The minimum absolute atomic E-state index is 0.0416. The normalized spacial score (nSPS) is 23.2. The summed E-state index contributed by atoms with van der Waals surface area (Å²) in [6.07, 6.45) is 9.14. The maximum absolute atomic E-state index is 10.9. The minimum atomic E-state index is -0.0912. The highest BCUT2D eigenvalue weighted by molar-refractivity contribution is 5.69. The lowest BCUT2D eigenvalue weighted by atomic mass is 10.2. The molecule has 1 aliphatic rings. The molecular formula is C10H16O2. The van der Waals surface area contributed by atoms with E-state index in [0.717, 1.165) is 19.3 Å². The second-order valence-corrected chi connectivity index (χ2v) is 3.09. The summed E-state index contributed by atoms with van der Waals surface area (Å²) in [4.78, 5) is 10.9.